The Morgan fingerprint density at radius 2 is 1.47 bits per heavy atom. The number of aryl methyl sites for hydroxylation is 1. The van der Waals surface area contributed by atoms with Gasteiger partial charge >= 0.3 is 18.4 Å². The first kappa shape index (κ1) is 51.5. The van der Waals surface area contributed by atoms with Crippen LogP contribution in [0.2, 0.25) is 0 Å². The van der Waals surface area contributed by atoms with Crippen LogP contribution in [0.4, 0.5) is 34.4 Å². The number of hydroxylamine groups is 1. The van der Waals surface area contributed by atoms with Crippen molar-refractivity contribution in [1.29, 1.82) is 0 Å². The van der Waals surface area contributed by atoms with Crippen LogP contribution in [0.1, 0.15) is 119 Å². The Morgan fingerprint density at radius 1 is 0.758 bits per heavy atom. The number of nitrogens with one attached hydrogen (secondary N) is 5. The molecule has 3 aromatic carbocycles. The lowest BCUT2D eigenvalue weighted by molar-refractivity contribution is -0.138. The van der Waals surface area contributed by atoms with Crippen molar-refractivity contribution in [1.82, 2.24) is 31.0 Å². The number of aromatic nitrogens is 2. The van der Waals surface area contributed by atoms with E-state index in [1.807, 2.05) is 37.3 Å². The molecule has 66 heavy (non-hydrogen) atoms. The molecule has 6 amide bonds. The second kappa shape index (κ2) is 25.4. The van der Waals surface area contributed by atoms with E-state index in [1.54, 1.807) is 26.8 Å². The van der Waals surface area contributed by atoms with Crippen LogP contribution in [0, 0.1) is 6.92 Å². The molecular weight excluding hydrogens is 866 g/mol. The van der Waals surface area contributed by atoms with Crippen LogP contribution in [0.15, 0.2) is 72.8 Å². The number of unbranched alkanes of at least 4 members (excludes halogenated alkanes) is 2. The topological polar surface area (TPSA) is 219 Å². The highest BCUT2D eigenvalue weighted by molar-refractivity contribution is 6.12. The van der Waals surface area contributed by atoms with E-state index in [0.29, 0.717) is 31.1 Å². The number of carbonyl (C=O) groups is 6. The first-order chi connectivity index (χ1) is 31.5. The number of halogens is 3. The van der Waals surface area contributed by atoms with E-state index in [0.717, 1.165) is 30.5 Å². The summed E-state index contributed by atoms with van der Waals surface area (Å²) in [6.45, 7) is 8.71. The van der Waals surface area contributed by atoms with Gasteiger partial charge in [-0.05, 0) is 87.9 Å². The SMILES string of the molecule is CCCCONC(=O)CCCCNC(=O)c1ccc(CN(C(=O)OCc2ccccc2)C(C)C)cc1C(=O)Nc1cc(NC(=O)c2ccc(CNC(=O)OCC)c(C(F)(F)F)c2)nc(C)n1. The van der Waals surface area contributed by atoms with Gasteiger partial charge < -0.3 is 35.6 Å². The van der Waals surface area contributed by atoms with Gasteiger partial charge in [0.2, 0.25) is 5.91 Å². The fraction of sp³-hybridized carbons (Fsp3) is 0.391. The summed E-state index contributed by atoms with van der Waals surface area (Å²) >= 11 is 0. The minimum atomic E-state index is -4.88. The first-order valence-electron chi connectivity index (χ1n) is 21.4. The second-order valence-corrected chi connectivity index (χ2v) is 15.1. The largest absolute Gasteiger partial charge is 0.450 e. The average Bonchev–Trinajstić information content (AvgIpc) is 3.27. The van der Waals surface area contributed by atoms with Gasteiger partial charge in [0.05, 0.1) is 29.9 Å². The number of benzene rings is 3. The highest BCUT2D eigenvalue weighted by Crippen LogP contribution is 2.33. The summed E-state index contributed by atoms with van der Waals surface area (Å²) in [7, 11) is 0. The monoisotopic (exact) mass is 920 g/mol. The molecule has 0 aliphatic rings. The zero-order valence-corrected chi connectivity index (χ0v) is 37.4. The van der Waals surface area contributed by atoms with Crippen LogP contribution in [-0.4, -0.2) is 76.5 Å². The number of anilines is 2. The normalized spacial score (nSPS) is 11.0. The van der Waals surface area contributed by atoms with Gasteiger partial charge in [-0.25, -0.2) is 25.0 Å². The van der Waals surface area contributed by atoms with Gasteiger partial charge in [-0.3, -0.25) is 24.0 Å². The number of amides is 6. The van der Waals surface area contributed by atoms with Crippen LogP contribution >= 0.6 is 0 Å². The highest BCUT2D eigenvalue weighted by atomic mass is 19.4. The third-order valence-electron chi connectivity index (χ3n) is 9.59. The number of carbonyl (C=O) groups excluding carboxylic acids is 6. The number of hydrogen-bond acceptors (Lipinski definition) is 11. The fourth-order valence-corrected chi connectivity index (χ4v) is 6.19. The maximum absolute atomic E-state index is 14.1. The molecule has 5 N–H and O–H groups in total. The minimum Gasteiger partial charge on any atom is -0.450 e. The molecule has 0 fully saturated rings. The minimum absolute atomic E-state index is 0.000568. The zero-order chi connectivity index (χ0) is 48.2. The van der Waals surface area contributed by atoms with E-state index in [-0.39, 0.29) is 84.4 Å². The molecule has 0 spiro atoms. The number of alkyl carbamates (subject to hydrolysis) is 1. The smallest absolute Gasteiger partial charge is 0.416 e. The van der Waals surface area contributed by atoms with E-state index < -0.39 is 48.2 Å². The third-order valence-corrected chi connectivity index (χ3v) is 9.59. The van der Waals surface area contributed by atoms with Crippen molar-refractivity contribution in [3.63, 3.8) is 0 Å². The molecule has 17 nitrogen and oxygen atoms in total. The Hall–Kier alpha value is -7.09. The molecule has 4 aromatic rings. The standard InChI is InChI=1S/C46H55F3N8O9/c1-6-8-22-66-56-40(58)16-12-13-21-50-42(60)35-20-17-32(27-57(29(3)4)45(63)65-28-31-14-10-9-11-15-31)23-36(35)43(61)55-39-25-38(52-30(5)53-39)54-41(59)33-18-19-34(26-51-44(62)64-7-2)37(24-33)46(47,48)49/h9-11,14-15,17-20,23-25,29H,6-8,12-13,16,21-22,26-28H2,1-5H3,(H,50,60)(H,51,62)(H,56,58)(H2,52,53,54,55,59,61). The van der Waals surface area contributed by atoms with Crippen molar-refractivity contribution in [2.45, 2.75) is 98.6 Å². The van der Waals surface area contributed by atoms with Crippen LogP contribution < -0.4 is 26.7 Å². The van der Waals surface area contributed by atoms with E-state index in [2.05, 4.69) is 36.7 Å². The van der Waals surface area contributed by atoms with Gasteiger partial charge in [-0.15, -0.1) is 0 Å². The maximum Gasteiger partial charge on any atom is 0.416 e. The Labute approximate surface area is 380 Å². The average molecular weight is 921 g/mol. The van der Waals surface area contributed by atoms with Gasteiger partial charge in [-0.1, -0.05) is 55.8 Å². The second-order valence-electron chi connectivity index (χ2n) is 15.1. The lowest BCUT2D eigenvalue weighted by Crippen LogP contribution is -2.37. The summed E-state index contributed by atoms with van der Waals surface area (Å²) in [5.74, 6) is -2.89. The number of nitrogens with zero attached hydrogens (tertiary/aromatic N) is 3. The van der Waals surface area contributed by atoms with Crippen molar-refractivity contribution >= 4 is 47.5 Å². The van der Waals surface area contributed by atoms with Gasteiger partial charge in [0.15, 0.2) is 0 Å². The lowest BCUT2D eigenvalue weighted by atomic mass is 10.0. The number of ether oxygens (including phenoxy) is 2. The molecule has 4 rings (SSSR count). The van der Waals surface area contributed by atoms with Gasteiger partial charge in [-0.2, -0.15) is 13.2 Å². The quantitative estimate of drug-likeness (QED) is 0.0378. The summed E-state index contributed by atoms with van der Waals surface area (Å²) < 4.78 is 52.5. The molecule has 0 aliphatic heterocycles. The molecular formula is C46H55F3N8O9. The van der Waals surface area contributed by atoms with Crippen molar-refractivity contribution in [3.8, 4) is 0 Å². The highest BCUT2D eigenvalue weighted by Gasteiger charge is 2.34. The summed E-state index contributed by atoms with van der Waals surface area (Å²) in [5, 5.41) is 10.1. The molecule has 354 valence electrons. The van der Waals surface area contributed by atoms with Crippen LogP contribution in [0.25, 0.3) is 0 Å². The Balaban J connectivity index is 1.54. The molecule has 0 bridgehead atoms. The van der Waals surface area contributed by atoms with Crippen molar-refractivity contribution in [3.05, 3.63) is 118 Å². The molecule has 1 heterocycles. The van der Waals surface area contributed by atoms with E-state index in [9.17, 15) is 41.9 Å². The third kappa shape index (κ3) is 16.5. The Bertz CT molecular complexity index is 2310. The van der Waals surface area contributed by atoms with Gasteiger partial charge in [0.1, 0.15) is 24.1 Å². The Kier molecular flexibility index (Phi) is 19.8. The van der Waals surface area contributed by atoms with Gasteiger partial charge in [0, 0.05) is 43.7 Å². The number of rotatable bonds is 22. The van der Waals surface area contributed by atoms with Crippen molar-refractivity contribution < 1.29 is 56.2 Å². The van der Waals surface area contributed by atoms with Crippen molar-refractivity contribution in [2.75, 3.05) is 30.4 Å². The predicted octanol–water partition coefficient (Wildman–Crippen LogP) is 7.85. The summed E-state index contributed by atoms with van der Waals surface area (Å²) in [5.41, 5.74) is 1.68. The fourth-order valence-electron chi connectivity index (χ4n) is 6.19. The summed E-state index contributed by atoms with van der Waals surface area (Å²) in [6.07, 6.45) is -3.62. The van der Waals surface area contributed by atoms with Gasteiger partial charge in [0.25, 0.3) is 17.7 Å². The predicted molar refractivity (Wildman–Crippen MR) is 237 cm³/mol. The van der Waals surface area contributed by atoms with Crippen LogP contribution in [-0.2, 0) is 45.0 Å². The lowest BCUT2D eigenvalue weighted by Gasteiger charge is -2.26. The number of alkyl halides is 3. The molecule has 1 aromatic heterocycles. The molecule has 0 saturated carbocycles. The molecule has 20 heteroatoms. The zero-order valence-electron chi connectivity index (χ0n) is 37.4. The number of hydrogen-bond donors (Lipinski definition) is 5. The summed E-state index contributed by atoms with van der Waals surface area (Å²) in [4.78, 5) is 93.0. The van der Waals surface area contributed by atoms with E-state index >= 15 is 0 Å². The van der Waals surface area contributed by atoms with Crippen molar-refractivity contribution in [2.24, 2.45) is 0 Å². The van der Waals surface area contributed by atoms with Crippen LogP contribution in [0.3, 0.4) is 0 Å². The summed E-state index contributed by atoms with van der Waals surface area (Å²) in [6, 6.07) is 17.3. The molecule has 0 atom stereocenters. The maximum atomic E-state index is 14.1. The molecule has 0 radical (unpaired) electrons. The molecule has 0 saturated heterocycles. The molecule has 0 aliphatic carbocycles. The Morgan fingerprint density at radius 3 is 2.14 bits per heavy atom. The first-order valence-corrected chi connectivity index (χ1v) is 21.4. The van der Waals surface area contributed by atoms with E-state index in [1.165, 1.54) is 30.0 Å². The molecule has 0 unspecified atom stereocenters. The van der Waals surface area contributed by atoms with Crippen LogP contribution in [0.5, 0.6) is 0 Å². The van der Waals surface area contributed by atoms with E-state index in [4.69, 9.17) is 14.3 Å².